The summed E-state index contributed by atoms with van der Waals surface area (Å²) in [5.41, 5.74) is 2.68. The molecule has 2 saturated heterocycles. The van der Waals surface area contributed by atoms with Gasteiger partial charge in [0.05, 0.1) is 19.8 Å². The molecule has 5 heteroatoms. The standard InChI is InChI=1S/C23H37N3O2/c1-19-4-3-5-21(24-19)8-11-25-10-7-20-16-22(26-12-14-28-15-13-26)6-9-23(20,17-25)18-27-2/h3-5,20,22H,6-18H2,1-2H3/t20-,22-,23+/m1/s1. The Bertz CT molecular complexity index is 634. The van der Waals surface area contributed by atoms with E-state index in [4.69, 9.17) is 9.47 Å². The lowest BCUT2D eigenvalue weighted by atomic mass is 9.62. The molecule has 3 fully saturated rings. The molecule has 2 aliphatic heterocycles. The minimum atomic E-state index is 0.343. The van der Waals surface area contributed by atoms with Crippen molar-refractivity contribution in [3.8, 4) is 0 Å². The highest BCUT2D eigenvalue weighted by Gasteiger charge is 2.47. The molecule has 156 valence electrons. The average molecular weight is 388 g/mol. The number of pyridine rings is 1. The van der Waals surface area contributed by atoms with E-state index in [1.54, 1.807) is 0 Å². The smallest absolute Gasteiger partial charge is 0.0594 e. The molecule has 4 rings (SSSR count). The zero-order chi connectivity index (χ0) is 19.4. The van der Waals surface area contributed by atoms with Crippen LogP contribution in [-0.4, -0.2) is 80.5 Å². The number of hydrogen-bond donors (Lipinski definition) is 0. The molecule has 0 N–H and O–H groups in total. The fourth-order valence-electron chi connectivity index (χ4n) is 5.85. The Morgan fingerprint density at radius 2 is 2.07 bits per heavy atom. The highest BCUT2D eigenvalue weighted by Crippen LogP contribution is 2.47. The maximum absolute atomic E-state index is 5.78. The molecule has 3 aliphatic rings. The van der Waals surface area contributed by atoms with Crippen molar-refractivity contribution >= 4 is 0 Å². The number of nitrogens with zero attached hydrogens (tertiary/aromatic N) is 3. The van der Waals surface area contributed by atoms with Crippen LogP contribution in [-0.2, 0) is 15.9 Å². The van der Waals surface area contributed by atoms with E-state index in [9.17, 15) is 0 Å². The Hall–Kier alpha value is -1.01. The van der Waals surface area contributed by atoms with E-state index < -0.39 is 0 Å². The predicted molar refractivity (Wildman–Crippen MR) is 112 cm³/mol. The molecular formula is C23H37N3O2. The first-order chi connectivity index (χ1) is 13.7. The van der Waals surface area contributed by atoms with Crippen molar-refractivity contribution in [1.82, 2.24) is 14.8 Å². The Labute approximate surface area is 170 Å². The van der Waals surface area contributed by atoms with E-state index >= 15 is 0 Å². The minimum absolute atomic E-state index is 0.343. The molecule has 3 heterocycles. The van der Waals surface area contributed by atoms with Gasteiger partial charge in [-0.3, -0.25) is 9.88 Å². The number of rotatable bonds is 6. The van der Waals surface area contributed by atoms with Crippen LogP contribution in [0, 0.1) is 18.3 Å². The van der Waals surface area contributed by atoms with Gasteiger partial charge in [0.25, 0.3) is 0 Å². The fourth-order valence-corrected chi connectivity index (χ4v) is 5.85. The van der Waals surface area contributed by atoms with E-state index in [0.717, 1.165) is 63.5 Å². The van der Waals surface area contributed by atoms with Gasteiger partial charge in [-0.15, -0.1) is 0 Å². The predicted octanol–water partition coefficient (Wildman–Crippen LogP) is 2.77. The maximum Gasteiger partial charge on any atom is 0.0594 e. The molecule has 3 atom stereocenters. The highest BCUT2D eigenvalue weighted by atomic mass is 16.5. The van der Waals surface area contributed by atoms with Gasteiger partial charge >= 0.3 is 0 Å². The number of hydrogen-bond acceptors (Lipinski definition) is 5. The molecule has 0 aromatic carbocycles. The number of ether oxygens (including phenoxy) is 2. The van der Waals surface area contributed by atoms with Crippen LogP contribution in [0.2, 0.25) is 0 Å². The van der Waals surface area contributed by atoms with Crippen LogP contribution >= 0.6 is 0 Å². The van der Waals surface area contributed by atoms with Gasteiger partial charge in [0, 0.05) is 62.6 Å². The van der Waals surface area contributed by atoms with Crippen molar-refractivity contribution in [2.24, 2.45) is 11.3 Å². The van der Waals surface area contributed by atoms with E-state index in [1.165, 1.54) is 44.5 Å². The lowest BCUT2D eigenvalue weighted by molar-refractivity contribution is -0.0853. The first-order valence-corrected chi connectivity index (χ1v) is 11.1. The van der Waals surface area contributed by atoms with Crippen LogP contribution in [0.4, 0.5) is 0 Å². The number of morpholine rings is 1. The van der Waals surface area contributed by atoms with E-state index in [0.29, 0.717) is 5.41 Å². The van der Waals surface area contributed by atoms with Crippen molar-refractivity contribution in [3.63, 3.8) is 0 Å². The summed E-state index contributed by atoms with van der Waals surface area (Å²) in [6, 6.07) is 7.12. The number of aryl methyl sites for hydroxylation is 1. The monoisotopic (exact) mass is 387 g/mol. The van der Waals surface area contributed by atoms with Gasteiger partial charge in [0.15, 0.2) is 0 Å². The van der Waals surface area contributed by atoms with Crippen LogP contribution < -0.4 is 0 Å². The second-order valence-electron chi connectivity index (χ2n) is 9.15. The molecule has 5 nitrogen and oxygen atoms in total. The summed E-state index contributed by atoms with van der Waals surface area (Å²) in [5.74, 6) is 0.794. The molecule has 0 amide bonds. The Kier molecular flexibility index (Phi) is 6.66. The lowest BCUT2D eigenvalue weighted by Crippen LogP contribution is -2.57. The zero-order valence-electron chi connectivity index (χ0n) is 17.7. The summed E-state index contributed by atoms with van der Waals surface area (Å²) in [7, 11) is 1.88. The van der Waals surface area contributed by atoms with Crippen LogP contribution in [0.3, 0.4) is 0 Å². The molecular weight excluding hydrogens is 350 g/mol. The summed E-state index contributed by atoms with van der Waals surface area (Å²) in [5, 5.41) is 0. The summed E-state index contributed by atoms with van der Waals surface area (Å²) in [6.07, 6.45) is 6.31. The molecule has 1 saturated carbocycles. The fraction of sp³-hybridized carbons (Fsp3) is 0.783. The van der Waals surface area contributed by atoms with Crippen molar-refractivity contribution in [3.05, 3.63) is 29.6 Å². The summed E-state index contributed by atoms with van der Waals surface area (Å²) in [4.78, 5) is 10.1. The third kappa shape index (κ3) is 4.59. The van der Waals surface area contributed by atoms with E-state index in [1.807, 2.05) is 7.11 Å². The van der Waals surface area contributed by atoms with Crippen molar-refractivity contribution in [2.45, 2.75) is 45.1 Å². The molecule has 1 aliphatic carbocycles. The largest absolute Gasteiger partial charge is 0.384 e. The van der Waals surface area contributed by atoms with Crippen molar-refractivity contribution in [1.29, 1.82) is 0 Å². The number of methoxy groups -OCH3 is 1. The normalized spacial score (nSPS) is 32.2. The van der Waals surface area contributed by atoms with Crippen LogP contribution in [0.25, 0.3) is 0 Å². The summed E-state index contributed by atoms with van der Waals surface area (Å²) in [6.45, 7) is 10.6. The zero-order valence-corrected chi connectivity index (χ0v) is 17.7. The second-order valence-corrected chi connectivity index (χ2v) is 9.15. The van der Waals surface area contributed by atoms with Gasteiger partial charge in [0.2, 0.25) is 0 Å². The SMILES string of the molecule is COC[C@@]12CC[C@@H](N3CCOCC3)C[C@H]1CCN(CCc1cccc(C)n1)C2. The van der Waals surface area contributed by atoms with Crippen LogP contribution in [0.15, 0.2) is 18.2 Å². The molecule has 1 aromatic rings. The molecule has 0 bridgehead atoms. The Morgan fingerprint density at radius 1 is 1.21 bits per heavy atom. The maximum atomic E-state index is 5.78. The van der Waals surface area contributed by atoms with Gasteiger partial charge < -0.3 is 14.4 Å². The lowest BCUT2D eigenvalue weighted by Gasteiger charge is -2.54. The topological polar surface area (TPSA) is 37.8 Å². The first-order valence-electron chi connectivity index (χ1n) is 11.1. The molecule has 0 spiro atoms. The van der Waals surface area contributed by atoms with Crippen LogP contribution in [0.1, 0.15) is 37.1 Å². The first kappa shape index (κ1) is 20.3. The summed E-state index contributed by atoms with van der Waals surface area (Å²) >= 11 is 0. The number of fused-ring (bicyclic) bond motifs is 1. The molecule has 28 heavy (non-hydrogen) atoms. The van der Waals surface area contributed by atoms with Crippen molar-refractivity contribution < 1.29 is 9.47 Å². The summed E-state index contributed by atoms with van der Waals surface area (Å²) < 4.78 is 11.3. The molecule has 0 radical (unpaired) electrons. The second kappa shape index (κ2) is 9.21. The molecule has 0 unspecified atom stereocenters. The van der Waals surface area contributed by atoms with Gasteiger partial charge in [0.1, 0.15) is 0 Å². The third-order valence-corrected chi connectivity index (χ3v) is 7.35. The van der Waals surface area contributed by atoms with Crippen LogP contribution in [0.5, 0.6) is 0 Å². The third-order valence-electron chi connectivity index (χ3n) is 7.35. The molecule has 1 aromatic heterocycles. The Balaban J connectivity index is 1.37. The van der Waals surface area contributed by atoms with Gasteiger partial charge in [-0.25, -0.2) is 0 Å². The van der Waals surface area contributed by atoms with E-state index in [-0.39, 0.29) is 0 Å². The quantitative estimate of drug-likeness (QED) is 0.750. The highest BCUT2D eigenvalue weighted by molar-refractivity contribution is 5.10. The number of likely N-dealkylation sites (tertiary alicyclic amines) is 1. The number of aromatic nitrogens is 1. The van der Waals surface area contributed by atoms with Gasteiger partial charge in [-0.05, 0) is 57.2 Å². The van der Waals surface area contributed by atoms with E-state index in [2.05, 4.69) is 39.9 Å². The average Bonchev–Trinajstić information content (AvgIpc) is 2.72. The van der Waals surface area contributed by atoms with Gasteiger partial charge in [-0.1, -0.05) is 6.07 Å². The Morgan fingerprint density at radius 3 is 2.86 bits per heavy atom. The van der Waals surface area contributed by atoms with Gasteiger partial charge in [-0.2, -0.15) is 0 Å². The minimum Gasteiger partial charge on any atom is -0.384 e. The van der Waals surface area contributed by atoms with Crippen molar-refractivity contribution in [2.75, 3.05) is 59.7 Å². The number of piperidine rings is 1.